The van der Waals surface area contributed by atoms with E-state index in [1.165, 1.54) is 28.6 Å². The first-order chi connectivity index (χ1) is 15.7. The second-order valence-corrected chi connectivity index (χ2v) is 11.0. The van der Waals surface area contributed by atoms with Crippen molar-refractivity contribution in [2.24, 2.45) is 5.92 Å². The summed E-state index contributed by atoms with van der Waals surface area (Å²) in [5.74, 6) is 0.158. The van der Waals surface area contributed by atoms with Crippen molar-refractivity contribution in [3.63, 3.8) is 0 Å². The molecule has 0 aliphatic carbocycles. The monoisotopic (exact) mass is 480 g/mol. The lowest BCUT2D eigenvalue weighted by atomic mass is 10.0. The van der Waals surface area contributed by atoms with E-state index in [1.807, 2.05) is 0 Å². The van der Waals surface area contributed by atoms with Gasteiger partial charge in [0.15, 0.2) is 0 Å². The number of urea groups is 1. The molecular formula is C23H36N4O5S. The number of piperazine rings is 1. The van der Waals surface area contributed by atoms with Crippen LogP contribution in [0.15, 0.2) is 29.2 Å². The minimum absolute atomic E-state index is 0.117. The molecule has 0 bridgehead atoms. The molecule has 0 unspecified atom stereocenters. The standard InChI is InChI=1S/C23H36N4O5S/c1-4-32-22(28)19-5-7-21(8-6-19)33(30,31)27-15-13-26(14-16-27)23(29)24-20-9-11-25(12-10-20)17-18(2)3/h5-8,18,20H,4,9-17H2,1-3H3,(H,24,29). The highest BCUT2D eigenvalue weighted by molar-refractivity contribution is 7.89. The summed E-state index contributed by atoms with van der Waals surface area (Å²) in [6.07, 6.45) is 1.88. The summed E-state index contributed by atoms with van der Waals surface area (Å²) in [4.78, 5) is 28.7. The summed E-state index contributed by atoms with van der Waals surface area (Å²) in [5.41, 5.74) is 0.312. The SMILES string of the molecule is CCOC(=O)c1ccc(S(=O)(=O)N2CCN(C(=O)NC3CCN(CC(C)C)CC3)CC2)cc1. The van der Waals surface area contributed by atoms with Gasteiger partial charge in [-0.2, -0.15) is 4.31 Å². The van der Waals surface area contributed by atoms with Crippen molar-refractivity contribution >= 4 is 22.0 Å². The fourth-order valence-corrected chi connectivity index (χ4v) is 5.72. The van der Waals surface area contributed by atoms with Gasteiger partial charge in [0.1, 0.15) is 0 Å². The maximum Gasteiger partial charge on any atom is 0.338 e. The zero-order valence-corrected chi connectivity index (χ0v) is 20.6. The van der Waals surface area contributed by atoms with E-state index < -0.39 is 16.0 Å². The van der Waals surface area contributed by atoms with E-state index in [9.17, 15) is 18.0 Å². The molecule has 33 heavy (non-hydrogen) atoms. The molecule has 1 N–H and O–H groups in total. The number of amides is 2. The summed E-state index contributed by atoms with van der Waals surface area (Å²) in [6.45, 7) is 10.6. The Morgan fingerprint density at radius 3 is 2.18 bits per heavy atom. The van der Waals surface area contributed by atoms with Gasteiger partial charge in [-0.15, -0.1) is 0 Å². The number of hydrogen-bond acceptors (Lipinski definition) is 6. The topological polar surface area (TPSA) is 99.3 Å². The number of carbonyl (C=O) groups is 2. The van der Waals surface area contributed by atoms with Crippen molar-refractivity contribution in [3.8, 4) is 0 Å². The second-order valence-electron chi connectivity index (χ2n) is 9.05. The molecule has 1 aromatic rings. The lowest BCUT2D eigenvalue weighted by molar-refractivity contribution is 0.0526. The minimum Gasteiger partial charge on any atom is -0.462 e. The number of hydrogen-bond donors (Lipinski definition) is 1. The highest BCUT2D eigenvalue weighted by atomic mass is 32.2. The van der Waals surface area contributed by atoms with Crippen molar-refractivity contribution < 1.29 is 22.7 Å². The third kappa shape index (κ3) is 6.68. The van der Waals surface area contributed by atoms with Crippen LogP contribution in [0, 0.1) is 5.92 Å². The number of rotatable bonds is 7. The van der Waals surface area contributed by atoms with Gasteiger partial charge in [0, 0.05) is 51.9 Å². The number of likely N-dealkylation sites (tertiary alicyclic amines) is 1. The van der Waals surface area contributed by atoms with Gasteiger partial charge in [0.25, 0.3) is 0 Å². The van der Waals surface area contributed by atoms with E-state index in [2.05, 4.69) is 24.1 Å². The Morgan fingerprint density at radius 2 is 1.64 bits per heavy atom. The number of esters is 1. The molecule has 0 aromatic heterocycles. The van der Waals surface area contributed by atoms with Gasteiger partial charge in [-0.05, 0) is 49.9 Å². The van der Waals surface area contributed by atoms with Crippen LogP contribution in [0.4, 0.5) is 4.79 Å². The van der Waals surface area contributed by atoms with Crippen molar-refractivity contribution in [1.82, 2.24) is 19.4 Å². The maximum absolute atomic E-state index is 13.0. The maximum atomic E-state index is 13.0. The minimum atomic E-state index is -3.69. The van der Waals surface area contributed by atoms with E-state index in [4.69, 9.17) is 4.74 Å². The molecule has 2 aliphatic heterocycles. The van der Waals surface area contributed by atoms with Crippen LogP contribution in [-0.4, -0.2) is 93.0 Å². The number of nitrogens with one attached hydrogen (secondary N) is 1. The number of nitrogens with zero attached hydrogens (tertiary/aromatic N) is 3. The lowest BCUT2D eigenvalue weighted by Crippen LogP contribution is -2.55. The summed E-state index contributed by atoms with van der Waals surface area (Å²) in [7, 11) is -3.69. The van der Waals surface area contributed by atoms with Crippen LogP contribution in [0.3, 0.4) is 0 Å². The molecule has 9 nitrogen and oxygen atoms in total. The number of ether oxygens (including phenoxy) is 1. The predicted octanol–water partition coefficient (Wildman–Crippen LogP) is 2.00. The third-order valence-corrected chi connectivity index (χ3v) is 7.98. The van der Waals surface area contributed by atoms with Gasteiger partial charge < -0.3 is 19.9 Å². The van der Waals surface area contributed by atoms with Crippen molar-refractivity contribution in [1.29, 1.82) is 0 Å². The Hall–Kier alpha value is -2.17. The Labute approximate surface area is 197 Å². The van der Waals surface area contributed by atoms with Gasteiger partial charge in [0.05, 0.1) is 17.1 Å². The molecule has 2 heterocycles. The quantitative estimate of drug-likeness (QED) is 0.600. The van der Waals surface area contributed by atoms with Crippen molar-refractivity contribution in [2.45, 2.75) is 44.6 Å². The predicted molar refractivity (Wildman–Crippen MR) is 126 cm³/mol. The molecule has 184 valence electrons. The second kappa shape index (κ2) is 11.3. The van der Waals surface area contributed by atoms with E-state index in [1.54, 1.807) is 11.8 Å². The van der Waals surface area contributed by atoms with E-state index in [0.29, 0.717) is 24.6 Å². The Bertz CT molecular complexity index is 903. The molecule has 0 spiro atoms. The van der Waals surface area contributed by atoms with Crippen LogP contribution in [0.1, 0.15) is 44.0 Å². The summed E-state index contributed by atoms with van der Waals surface area (Å²) >= 11 is 0. The van der Waals surface area contributed by atoms with Gasteiger partial charge in [0.2, 0.25) is 10.0 Å². The van der Waals surface area contributed by atoms with Crippen LogP contribution in [0.25, 0.3) is 0 Å². The molecule has 2 aliphatic rings. The lowest BCUT2D eigenvalue weighted by Gasteiger charge is -2.37. The molecule has 0 atom stereocenters. The third-order valence-electron chi connectivity index (χ3n) is 6.07. The number of sulfonamides is 1. The Kier molecular flexibility index (Phi) is 8.72. The number of benzene rings is 1. The van der Waals surface area contributed by atoms with E-state index >= 15 is 0 Å². The molecule has 0 radical (unpaired) electrons. The van der Waals surface area contributed by atoms with Crippen LogP contribution >= 0.6 is 0 Å². The Morgan fingerprint density at radius 1 is 1.03 bits per heavy atom. The summed E-state index contributed by atoms with van der Waals surface area (Å²) in [5, 5.41) is 3.12. The van der Waals surface area contributed by atoms with E-state index in [-0.39, 0.29) is 36.7 Å². The van der Waals surface area contributed by atoms with Crippen LogP contribution in [0.2, 0.25) is 0 Å². The Balaban J connectivity index is 1.48. The molecule has 2 amide bonds. The van der Waals surface area contributed by atoms with Gasteiger partial charge in [-0.25, -0.2) is 18.0 Å². The number of piperidine rings is 1. The van der Waals surface area contributed by atoms with Crippen LogP contribution in [0.5, 0.6) is 0 Å². The first-order valence-electron chi connectivity index (χ1n) is 11.8. The molecule has 10 heteroatoms. The summed E-state index contributed by atoms with van der Waals surface area (Å²) in [6, 6.07) is 5.81. The highest BCUT2D eigenvalue weighted by Crippen LogP contribution is 2.19. The fourth-order valence-electron chi connectivity index (χ4n) is 4.30. The van der Waals surface area contributed by atoms with Gasteiger partial charge in [-0.1, -0.05) is 13.8 Å². The van der Waals surface area contributed by atoms with Gasteiger partial charge >= 0.3 is 12.0 Å². The first-order valence-corrected chi connectivity index (χ1v) is 13.2. The van der Waals surface area contributed by atoms with Crippen LogP contribution in [-0.2, 0) is 14.8 Å². The van der Waals surface area contributed by atoms with Crippen molar-refractivity contribution in [3.05, 3.63) is 29.8 Å². The molecule has 2 saturated heterocycles. The summed E-state index contributed by atoms with van der Waals surface area (Å²) < 4.78 is 32.3. The smallest absolute Gasteiger partial charge is 0.338 e. The zero-order chi connectivity index (χ0) is 24.0. The van der Waals surface area contributed by atoms with Crippen LogP contribution < -0.4 is 5.32 Å². The molecule has 3 rings (SSSR count). The fraction of sp³-hybridized carbons (Fsp3) is 0.652. The average Bonchev–Trinajstić information content (AvgIpc) is 2.80. The molecular weight excluding hydrogens is 444 g/mol. The zero-order valence-electron chi connectivity index (χ0n) is 19.8. The highest BCUT2D eigenvalue weighted by Gasteiger charge is 2.31. The first kappa shape index (κ1) is 25.5. The normalized spacial score (nSPS) is 19.0. The molecule has 0 saturated carbocycles. The van der Waals surface area contributed by atoms with Gasteiger partial charge in [-0.3, -0.25) is 0 Å². The molecule has 2 fully saturated rings. The average molecular weight is 481 g/mol. The molecule has 1 aromatic carbocycles. The number of carbonyl (C=O) groups excluding carboxylic acids is 2. The van der Waals surface area contributed by atoms with E-state index in [0.717, 1.165) is 32.5 Å². The largest absolute Gasteiger partial charge is 0.462 e. The van der Waals surface area contributed by atoms with Crippen molar-refractivity contribution in [2.75, 3.05) is 52.4 Å².